The Kier molecular flexibility index (Phi) is 8.44. The molecule has 0 spiro atoms. The predicted molar refractivity (Wildman–Crippen MR) is 169 cm³/mol. The number of amides is 2. The van der Waals surface area contributed by atoms with Crippen LogP contribution in [-0.2, 0) is 18.8 Å². The van der Waals surface area contributed by atoms with E-state index in [2.05, 4.69) is 39.9 Å². The summed E-state index contributed by atoms with van der Waals surface area (Å²) < 4.78 is 23.6. The number of hydrogen-bond acceptors (Lipinski definition) is 8. The molecule has 0 saturated carbocycles. The van der Waals surface area contributed by atoms with Gasteiger partial charge in [0.1, 0.15) is 12.2 Å². The van der Waals surface area contributed by atoms with Gasteiger partial charge in [-0.2, -0.15) is 0 Å². The number of carbonyl (C=O) groups is 2. The van der Waals surface area contributed by atoms with Crippen LogP contribution in [0.25, 0.3) is 17.2 Å². The first-order valence-electron chi connectivity index (χ1n) is 14.3. The molecule has 226 valence electrons. The molecule has 0 radical (unpaired) electrons. The highest BCUT2D eigenvalue weighted by atomic mass is 32.1. The van der Waals surface area contributed by atoms with Gasteiger partial charge >= 0.3 is 19.3 Å². The quantitative estimate of drug-likeness (QED) is 0.279. The molecule has 43 heavy (non-hydrogen) atoms. The molecule has 9 nitrogen and oxygen atoms in total. The highest BCUT2D eigenvalue weighted by molar-refractivity contribution is 7.16. The summed E-state index contributed by atoms with van der Waals surface area (Å²) in [6, 6.07) is 16.4. The summed E-state index contributed by atoms with van der Waals surface area (Å²) in [5, 5.41) is 5.92. The van der Waals surface area contributed by atoms with Crippen LogP contribution in [0.5, 0.6) is 0 Å². The molecule has 2 aromatic carbocycles. The van der Waals surface area contributed by atoms with Gasteiger partial charge in [-0.05, 0) is 82.3 Å². The molecule has 5 rings (SSSR count). The number of aromatic nitrogens is 1. The van der Waals surface area contributed by atoms with Gasteiger partial charge in [-0.3, -0.25) is 5.32 Å². The predicted octanol–water partition coefficient (Wildman–Crippen LogP) is 7.04. The first-order valence-corrected chi connectivity index (χ1v) is 15.1. The minimum atomic E-state index is -0.705. The summed E-state index contributed by atoms with van der Waals surface area (Å²) in [5.74, 6) is -0.0376. The second-order valence-electron chi connectivity index (χ2n) is 12.7. The van der Waals surface area contributed by atoms with E-state index >= 15 is 0 Å². The van der Waals surface area contributed by atoms with E-state index < -0.39 is 36.1 Å². The molecular weight excluding hydrogens is 565 g/mol. The molecule has 3 aromatic rings. The van der Waals surface area contributed by atoms with Crippen LogP contribution in [0.2, 0.25) is 0 Å². The minimum Gasteiger partial charge on any atom is -0.449 e. The third-order valence-corrected chi connectivity index (χ3v) is 8.66. The Balaban J connectivity index is 1.28. The van der Waals surface area contributed by atoms with Crippen molar-refractivity contribution in [3.05, 3.63) is 76.2 Å². The van der Waals surface area contributed by atoms with Gasteiger partial charge < -0.3 is 24.1 Å². The Morgan fingerprint density at radius 2 is 1.56 bits per heavy atom. The van der Waals surface area contributed by atoms with Crippen molar-refractivity contribution in [3.63, 3.8) is 0 Å². The van der Waals surface area contributed by atoms with Crippen molar-refractivity contribution >= 4 is 41.8 Å². The van der Waals surface area contributed by atoms with Gasteiger partial charge in [-0.15, -0.1) is 0 Å². The molecule has 2 amide bonds. The van der Waals surface area contributed by atoms with E-state index in [1.54, 1.807) is 27.0 Å². The minimum absolute atomic E-state index is 0.0376. The SMILES string of the molecule is CC(C)(C)OC(=O)Nc1ncc(C=C(CNC(=O)OCC2c3ccccc3-c3ccccc32)B2OC(C)(C)C(C)(C)O2)s1. The molecular formula is C32H38BN3O6S. The molecule has 1 aromatic heterocycles. The molecule has 2 N–H and O–H groups in total. The fraction of sp³-hybridized carbons (Fsp3) is 0.406. The zero-order chi connectivity index (χ0) is 31.0. The number of thiazole rings is 1. The fourth-order valence-corrected chi connectivity index (χ4v) is 5.78. The second kappa shape index (κ2) is 11.8. The van der Waals surface area contributed by atoms with Crippen LogP contribution in [0.1, 0.15) is 70.4 Å². The van der Waals surface area contributed by atoms with Gasteiger partial charge in [-0.25, -0.2) is 14.6 Å². The van der Waals surface area contributed by atoms with Crippen molar-refractivity contribution < 1.29 is 28.4 Å². The Labute approximate surface area is 257 Å². The number of carbonyl (C=O) groups excluding carboxylic acids is 2. The highest BCUT2D eigenvalue weighted by Gasteiger charge is 2.52. The van der Waals surface area contributed by atoms with Gasteiger partial charge in [0.25, 0.3) is 0 Å². The first-order chi connectivity index (χ1) is 20.2. The monoisotopic (exact) mass is 603 g/mol. The lowest BCUT2D eigenvalue weighted by Gasteiger charge is -2.32. The largest absolute Gasteiger partial charge is 0.492 e. The molecule has 0 bridgehead atoms. The van der Waals surface area contributed by atoms with Gasteiger partial charge in [0, 0.05) is 23.5 Å². The molecule has 0 atom stereocenters. The van der Waals surface area contributed by atoms with Crippen molar-refractivity contribution in [2.45, 2.75) is 71.2 Å². The topological polar surface area (TPSA) is 108 Å². The number of benzene rings is 2. The number of nitrogens with zero attached hydrogens (tertiary/aromatic N) is 1. The number of rotatable bonds is 7. The van der Waals surface area contributed by atoms with Crippen LogP contribution in [0.4, 0.5) is 14.7 Å². The van der Waals surface area contributed by atoms with Gasteiger partial charge in [0.05, 0.1) is 11.2 Å². The highest BCUT2D eigenvalue weighted by Crippen LogP contribution is 2.44. The van der Waals surface area contributed by atoms with Crippen molar-refractivity contribution in [1.29, 1.82) is 0 Å². The number of alkyl carbamates (subject to hydrolysis) is 1. The zero-order valence-corrected chi connectivity index (χ0v) is 26.5. The summed E-state index contributed by atoms with van der Waals surface area (Å²) in [5.41, 5.74) is 3.55. The summed E-state index contributed by atoms with van der Waals surface area (Å²) >= 11 is 1.27. The number of ether oxygens (including phenoxy) is 2. The zero-order valence-electron chi connectivity index (χ0n) is 25.6. The Morgan fingerprint density at radius 1 is 0.977 bits per heavy atom. The van der Waals surface area contributed by atoms with Crippen molar-refractivity contribution in [3.8, 4) is 11.1 Å². The summed E-state index contributed by atoms with van der Waals surface area (Å²) in [6.07, 6.45) is 2.36. The molecule has 1 saturated heterocycles. The average Bonchev–Trinajstić information content (AvgIpc) is 3.55. The Bertz CT molecular complexity index is 1480. The normalized spacial score (nSPS) is 17.3. The molecule has 0 unspecified atom stereocenters. The van der Waals surface area contributed by atoms with E-state index in [-0.39, 0.29) is 19.1 Å². The number of anilines is 1. The Hall–Kier alpha value is -3.67. The maximum Gasteiger partial charge on any atom is 0.492 e. The first kappa shape index (κ1) is 30.8. The van der Waals surface area contributed by atoms with E-state index in [0.29, 0.717) is 10.6 Å². The van der Waals surface area contributed by atoms with Crippen LogP contribution in [-0.4, -0.2) is 54.2 Å². The van der Waals surface area contributed by atoms with Crippen LogP contribution >= 0.6 is 11.3 Å². The average molecular weight is 604 g/mol. The smallest absolute Gasteiger partial charge is 0.449 e. The second-order valence-corrected chi connectivity index (χ2v) is 13.7. The number of nitrogens with one attached hydrogen (secondary N) is 2. The van der Waals surface area contributed by atoms with Crippen LogP contribution in [0, 0.1) is 0 Å². The lowest BCUT2D eigenvalue weighted by Crippen LogP contribution is -2.41. The number of fused-ring (bicyclic) bond motifs is 3. The molecule has 2 aliphatic rings. The maximum atomic E-state index is 13.0. The van der Waals surface area contributed by atoms with E-state index in [1.165, 1.54) is 22.5 Å². The van der Waals surface area contributed by atoms with E-state index in [0.717, 1.165) is 16.0 Å². The van der Waals surface area contributed by atoms with E-state index in [1.807, 2.05) is 58.0 Å². The molecule has 2 heterocycles. The van der Waals surface area contributed by atoms with Crippen molar-refractivity contribution in [2.24, 2.45) is 0 Å². The van der Waals surface area contributed by atoms with E-state index in [4.69, 9.17) is 18.8 Å². The maximum absolute atomic E-state index is 13.0. The van der Waals surface area contributed by atoms with Crippen LogP contribution in [0.3, 0.4) is 0 Å². The van der Waals surface area contributed by atoms with Crippen molar-refractivity contribution in [2.75, 3.05) is 18.5 Å². The molecule has 1 aliphatic carbocycles. The van der Waals surface area contributed by atoms with Gasteiger partial charge in [0.15, 0.2) is 5.13 Å². The van der Waals surface area contributed by atoms with Crippen LogP contribution in [0.15, 0.2) is 60.2 Å². The Morgan fingerprint density at radius 3 is 2.14 bits per heavy atom. The lowest BCUT2D eigenvalue weighted by molar-refractivity contribution is 0.00578. The standard InChI is InChI=1S/C32H38BN3O6S/c1-30(2,3)40-29(38)36-27-34-18-21(43-27)16-20(33-41-31(4,5)32(6,7)42-33)17-35-28(37)39-19-26-24-14-10-8-12-22(24)23-13-9-11-15-25(23)26/h8-16,18,26H,17,19H2,1-7H3,(H,35,37)(H,34,36,38). The molecule has 1 fully saturated rings. The van der Waals surface area contributed by atoms with E-state index in [9.17, 15) is 9.59 Å². The van der Waals surface area contributed by atoms with Gasteiger partial charge in [0.2, 0.25) is 0 Å². The lowest BCUT2D eigenvalue weighted by atomic mass is 9.77. The van der Waals surface area contributed by atoms with Crippen LogP contribution < -0.4 is 10.6 Å². The molecule has 1 aliphatic heterocycles. The molecule has 11 heteroatoms. The third-order valence-electron chi connectivity index (χ3n) is 7.80. The number of hydrogen-bond donors (Lipinski definition) is 2. The summed E-state index contributed by atoms with van der Waals surface area (Å²) in [7, 11) is -0.705. The summed E-state index contributed by atoms with van der Waals surface area (Å²) in [6.45, 7) is 13.6. The third kappa shape index (κ3) is 6.95. The fourth-order valence-electron chi connectivity index (χ4n) is 5.01. The summed E-state index contributed by atoms with van der Waals surface area (Å²) in [4.78, 5) is 30.2. The van der Waals surface area contributed by atoms with Gasteiger partial charge in [-0.1, -0.05) is 59.9 Å². The van der Waals surface area contributed by atoms with Crippen molar-refractivity contribution in [1.82, 2.24) is 10.3 Å².